The molecule has 0 aliphatic heterocycles. The van der Waals surface area contributed by atoms with E-state index < -0.39 is 0 Å². The summed E-state index contributed by atoms with van der Waals surface area (Å²) in [5.74, 6) is 0. The molecule has 0 aromatic heterocycles. The van der Waals surface area contributed by atoms with Crippen molar-refractivity contribution in [2.24, 2.45) is 0 Å². The van der Waals surface area contributed by atoms with E-state index in [9.17, 15) is 0 Å². The van der Waals surface area contributed by atoms with Crippen molar-refractivity contribution in [2.45, 2.75) is 26.2 Å². The van der Waals surface area contributed by atoms with Gasteiger partial charge in [0.15, 0.2) is 0 Å². The van der Waals surface area contributed by atoms with E-state index in [1.165, 1.54) is 18.4 Å². The molecule has 0 spiro atoms. The third kappa shape index (κ3) is 15.5. The number of hydrogen-bond donors (Lipinski definition) is 0. The first-order chi connectivity index (χ1) is 14.1. The molecule has 0 amide bonds. The third-order valence-electron chi connectivity index (χ3n) is 3.81. The topological polar surface area (TPSA) is 0 Å². The van der Waals surface area contributed by atoms with Gasteiger partial charge in [-0.1, -0.05) is 38.0 Å². The minimum absolute atomic E-state index is 0. The fourth-order valence-corrected chi connectivity index (χ4v) is 2.33. The summed E-state index contributed by atoms with van der Waals surface area (Å²) in [6.45, 7) is 13.4. The number of hydrogen-bond acceptors (Lipinski definition) is 0. The van der Waals surface area contributed by atoms with Crippen molar-refractivity contribution in [3.63, 3.8) is 0 Å². The van der Waals surface area contributed by atoms with Crippen LogP contribution >= 0.6 is 0 Å². The zero-order valence-electron chi connectivity index (χ0n) is 18.1. The van der Waals surface area contributed by atoms with Gasteiger partial charge in [0.1, 0.15) is 0 Å². The van der Waals surface area contributed by atoms with Crippen LogP contribution in [0.25, 0.3) is 0 Å². The second kappa shape index (κ2) is 18.6. The van der Waals surface area contributed by atoms with Crippen LogP contribution in [0.1, 0.15) is 42.9 Å². The SMILES string of the molecule is CCCC1=[C-]CC=C1.[CH2-]c1ccccc1.[CH2-]c1ccccc1.[CH2-]c1ccccc1.[Zr+4]. The van der Waals surface area contributed by atoms with Crippen molar-refractivity contribution in [3.8, 4) is 0 Å². The van der Waals surface area contributed by atoms with Gasteiger partial charge in [0.2, 0.25) is 0 Å². The molecule has 1 aliphatic carbocycles. The zero-order valence-corrected chi connectivity index (χ0v) is 20.5. The van der Waals surface area contributed by atoms with Crippen LogP contribution in [-0.2, 0) is 26.2 Å². The predicted octanol–water partition coefficient (Wildman–Crippen LogP) is 8.08. The molecule has 0 heterocycles. The Balaban J connectivity index is 0.000000370. The van der Waals surface area contributed by atoms with Gasteiger partial charge in [-0.2, -0.15) is 79.9 Å². The first-order valence-electron chi connectivity index (χ1n) is 9.99. The molecular formula is C29H32Zr. The third-order valence-corrected chi connectivity index (χ3v) is 3.81. The van der Waals surface area contributed by atoms with Crippen molar-refractivity contribution in [1.82, 2.24) is 0 Å². The van der Waals surface area contributed by atoms with Gasteiger partial charge in [0.05, 0.1) is 0 Å². The summed E-state index contributed by atoms with van der Waals surface area (Å²) < 4.78 is 0. The molecule has 4 rings (SSSR count). The van der Waals surface area contributed by atoms with E-state index in [1.807, 2.05) is 91.0 Å². The molecule has 0 saturated carbocycles. The van der Waals surface area contributed by atoms with Crippen LogP contribution in [0, 0.1) is 26.8 Å². The molecule has 0 atom stereocenters. The van der Waals surface area contributed by atoms with Gasteiger partial charge < -0.3 is 0 Å². The second-order valence-corrected chi connectivity index (χ2v) is 6.52. The Morgan fingerprint density at radius 3 is 1.23 bits per heavy atom. The van der Waals surface area contributed by atoms with Crippen LogP contribution in [0.15, 0.2) is 109 Å². The summed E-state index contributed by atoms with van der Waals surface area (Å²) in [7, 11) is 0. The van der Waals surface area contributed by atoms with Gasteiger partial charge in [-0.25, -0.2) is 11.6 Å². The maximum Gasteiger partial charge on any atom is 4.00 e. The molecule has 152 valence electrons. The van der Waals surface area contributed by atoms with E-state index in [2.05, 4.69) is 45.9 Å². The van der Waals surface area contributed by atoms with E-state index >= 15 is 0 Å². The summed E-state index contributed by atoms with van der Waals surface area (Å²) in [4.78, 5) is 0. The molecule has 3 aromatic carbocycles. The van der Waals surface area contributed by atoms with E-state index in [0.717, 1.165) is 23.1 Å². The summed E-state index contributed by atoms with van der Waals surface area (Å²) in [6.07, 6.45) is 11.1. The maximum absolute atomic E-state index is 3.72. The van der Waals surface area contributed by atoms with Crippen LogP contribution in [0.2, 0.25) is 0 Å². The summed E-state index contributed by atoms with van der Waals surface area (Å²) in [5.41, 5.74) is 4.61. The molecule has 0 unspecified atom stereocenters. The Hall–Kier alpha value is -2.37. The minimum Gasteiger partial charge on any atom is -0.269 e. The van der Waals surface area contributed by atoms with Gasteiger partial charge in [-0.15, -0.1) is 42.8 Å². The molecule has 30 heavy (non-hydrogen) atoms. The zero-order chi connectivity index (χ0) is 21.2. The number of rotatable bonds is 2. The van der Waals surface area contributed by atoms with Gasteiger partial charge in [0, 0.05) is 0 Å². The smallest absolute Gasteiger partial charge is 0.269 e. The molecule has 0 fully saturated rings. The van der Waals surface area contributed by atoms with Crippen LogP contribution < -0.4 is 0 Å². The van der Waals surface area contributed by atoms with Crippen LogP contribution in [0.4, 0.5) is 0 Å². The molecule has 1 aliphatic rings. The summed E-state index contributed by atoms with van der Waals surface area (Å²) in [5, 5.41) is 0. The molecule has 0 bridgehead atoms. The van der Waals surface area contributed by atoms with Crippen molar-refractivity contribution < 1.29 is 26.2 Å². The Kier molecular flexibility index (Phi) is 17.2. The molecule has 3 aromatic rings. The first kappa shape index (κ1) is 27.6. The van der Waals surface area contributed by atoms with Crippen LogP contribution in [-0.4, -0.2) is 0 Å². The average molecular weight is 472 g/mol. The number of benzene rings is 3. The Morgan fingerprint density at radius 1 is 0.667 bits per heavy atom. The molecule has 1 heteroatoms. The normalized spacial score (nSPS) is 10.5. The largest absolute Gasteiger partial charge is 4.00 e. The standard InChI is InChI=1S/C8H11.3C7H7.Zr/c1-2-5-8-6-3-4-7-8;3*1-7-5-3-2-4-6-7;/h3,6H,2,4-5H2,1H3;3*2-6H,1H2;/q4*-1;+4. The molecule has 0 saturated heterocycles. The predicted molar refractivity (Wildman–Crippen MR) is 128 cm³/mol. The quantitative estimate of drug-likeness (QED) is 0.331. The van der Waals surface area contributed by atoms with E-state index in [1.54, 1.807) is 0 Å². The molecule has 0 N–H and O–H groups in total. The fraction of sp³-hybridized carbons (Fsp3) is 0.138. The average Bonchev–Trinajstić information content (AvgIpc) is 3.25. The van der Waals surface area contributed by atoms with Crippen LogP contribution in [0.3, 0.4) is 0 Å². The Morgan fingerprint density at radius 2 is 1.03 bits per heavy atom. The van der Waals surface area contributed by atoms with E-state index in [4.69, 9.17) is 0 Å². The minimum atomic E-state index is 0. The summed E-state index contributed by atoms with van der Waals surface area (Å²) >= 11 is 0. The Labute approximate surface area is 203 Å². The Bertz CT molecular complexity index is 714. The van der Waals surface area contributed by atoms with Gasteiger partial charge in [-0.05, 0) is 0 Å². The monoisotopic (exact) mass is 470 g/mol. The van der Waals surface area contributed by atoms with E-state index in [0.29, 0.717) is 0 Å². The van der Waals surface area contributed by atoms with Crippen molar-refractivity contribution in [1.29, 1.82) is 0 Å². The second-order valence-electron chi connectivity index (χ2n) is 6.52. The van der Waals surface area contributed by atoms with Crippen molar-refractivity contribution in [3.05, 3.63) is 152 Å². The maximum atomic E-state index is 3.72. The molecule has 0 radical (unpaired) electrons. The van der Waals surface area contributed by atoms with Crippen molar-refractivity contribution in [2.75, 3.05) is 0 Å². The summed E-state index contributed by atoms with van der Waals surface area (Å²) in [6, 6.07) is 29.6. The first-order valence-corrected chi connectivity index (χ1v) is 9.99. The van der Waals surface area contributed by atoms with Gasteiger partial charge in [-0.3, -0.25) is 6.08 Å². The number of allylic oxidation sites excluding steroid dienone is 4. The fourth-order valence-electron chi connectivity index (χ4n) is 2.33. The van der Waals surface area contributed by atoms with Crippen LogP contribution in [0.5, 0.6) is 0 Å². The van der Waals surface area contributed by atoms with E-state index in [-0.39, 0.29) is 26.2 Å². The van der Waals surface area contributed by atoms with Gasteiger partial charge in [0.25, 0.3) is 0 Å². The molecular weight excluding hydrogens is 440 g/mol. The van der Waals surface area contributed by atoms with Gasteiger partial charge >= 0.3 is 26.2 Å². The van der Waals surface area contributed by atoms with Crippen molar-refractivity contribution >= 4 is 0 Å². The molecule has 0 nitrogen and oxygen atoms in total.